The van der Waals surface area contributed by atoms with Gasteiger partial charge in [0.2, 0.25) is 0 Å². The van der Waals surface area contributed by atoms with Crippen molar-refractivity contribution >= 4 is 5.97 Å². The highest BCUT2D eigenvalue weighted by Gasteiger charge is 2.19. The van der Waals surface area contributed by atoms with Crippen LogP contribution in [0.4, 0.5) is 0 Å². The fourth-order valence-electron chi connectivity index (χ4n) is 2.93. The van der Waals surface area contributed by atoms with E-state index in [1.165, 1.54) is 56.9 Å². The highest BCUT2D eigenvalue weighted by atomic mass is 16.6. The number of carbonyl (C=O) groups is 1. The Balaban J connectivity index is 2.06. The number of benzene rings is 1. The Morgan fingerprint density at radius 1 is 0.846 bits per heavy atom. The molecule has 26 heavy (non-hydrogen) atoms. The van der Waals surface area contributed by atoms with Crippen LogP contribution >= 0.6 is 0 Å². The van der Waals surface area contributed by atoms with Gasteiger partial charge in [-0.05, 0) is 31.9 Å². The lowest BCUT2D eigenvalue weighted by Crippen LogP contribution is -2.29. The topological polar surface area (TPSA) is 35.5 Å². The number of rotatable bonds is 15. The minimum atomic E-state index is -0.513. The quantitative estimate of drug-likeness (QED) is 0.260. The van der Waals surface area contributed by atoms with E-state index >= 15 is 0 Å². The van der Waals surface area contributed by atoms with Gasteiger partial charge >= 0.3 is 5.97 Å². The molecule has 0 bridgehead atoms. The molecule has 1 unspecified atom stereocenters. The van der Waals surface area contributed by atoms with Crippen LogP contribution in [0.25, 0.3) is 0 Å². The van der Waals surface area contributed by atoms with Crippen molar-refractivity contribution in [2.24, 2.45) is 0 Å². The molecule has 1 aromatic rings. The molecule has 0 amide bonds. The molecule has 0 radical (unpaired) electrons. The molecule has 0 aliphatic heterocycles. The van der Waals surface area contributed by atoms with E-state index in [2.05, 4.69) is 6.92 Å². The lowest BCUT2D eigenvalue weighted by atomic mass is 10.1. The average Bonchev–Trinajstić information content (AvgIpc) is 2.65. The largest absolute Gasteiger partial charge is 0.479 e. The summed E-state index contributed by atoms with van der Waals surface area (Å²) in [6, 6.07) is 7.76. The van der Waals surface area contributed by atoms with E-state index < -0.39 is 6.10 Å². The van der Waals surface area contributed by atoms with E-state index in [1.54, 1.807) is 0 Å². The molecule has 1 aromatic carbocycles. The summed E-state index contributed by atoms with van der Waals surface area (Å²) < 4.78 is 11.2. The van der Waals surface area contributed by atoms with Gasteiger partial charge in [-0.15, -0.1) is 0 Å². The number of aryl methyl sites for hydroxylation is 1. The second-order valence-electron chi connectivity index (χ2n) is 7.18. The molecule has 0 spiro atoms. The van der Waals surface area contributed by atoms with E-state index in [-0.39, 0.29) is 5.97 Å². The molecule has 0 heterocycles. The van der Waals surface area contributed by atoms with Gasteiger partial charge in [0.15, 0.2) is 6.10 Å². The Morgan fingerprint density at radius 2 is 1.38 bits per heavy atom. The van der Waals surface area contributed by atoms with Gasteiger partial charge in [0, 0.05) is 0 Å². The Bertz CT molecular complexity index is 467. The number of unbranched alkanes of at least 4 members (excludes halogenated alkanes) is 9. The summed E-state index contributed by atoms with van der Waals surface area (Å²) in [5.74, 6) is 0.474. The van der Waals surface area contributed by atoms with Crippen molar-refractivity contribution in [1.82, 2.24) is 0 Å². The van der Waals surface area contributed by atoms with Crippen LogP contribution in [-0.4, -0.2) is 18.7 Å². The van der Waals surface area contributed by atoms with Crippen molar-refractivity contribution in [2.75, 3.05) is 6.61 Å². The van der Waals surface area contributed by atoms with Crippen LogP contribution in [0, 0.1) is 6.92 Å². The second kappa shape index (κ2) is 14.6. The van der Waals surface area contributed by atoms with E-state index in [9.17, 15) is 4.79 Å². The molecular formula is C23H38O3. The molecule has 0 saturated carbocycles. The predicted molar refractivity (Wildman–Crippen MR) is 109 cm³/mol. The maximum absolute atomic E-state index is 12.2. The van der Waals surface area contributed by atoms with Gasteiger partial charge in [-0.3, -0.25) is 0 Å². The Hall–Kier alpha value is -1.51. The molecule has 148 valence electrons. The lowest BCUT2D eigenvalue weighted by Gasteiger charge is -2.16. The van der Waals surface area contributed by atoms with Crippen LogP contribution in [0.2, 0.25) is 0 Å². The zero-order valence-corrected chi connectivity index (χ0v) is 17.1. The predicted octanol–water partition coefficient (Wildman–Crippen LogP) is 6.62. The van der Waals surface area contributed by atoms with Crippen LogP contribution in [0.1, 0.15) is 90.0 Å². The summed E-state index contributed by atoms with van der Waals surface area (Å²) in [4.78, 5) is 12.2. The Kier molecular flexibility index (Phi) is 12.7. The summed E-state index contributed by atoms with van der Waals surface area (Å²) in [5, 5.41) is 0. The molecule has 0 aliphatic carbocycles. The first-order valence-electron chi connectivity index (χ1n) is 10.6. The molecule has 0 aliphatic rings. The molecular weight excluding hydrogens is 324 g/mol. The van der Waals surface area contributed by atoms with Gasteiger partial charge < -0.3 is 9.47 Å². The van der Waals surface area contributed by atoms with Gasteiger partial charge in [-0.25, -0.2) is 4.79 Å². The van der Waals surface area contributed by atoms with E-state index in [1.807, 2.05) is 38.1 Å². The van der Waals surface area contributed by atoms with Gasteiger partial charge in [0.1, 0.15) is 5.75 Å². The fraction of sp³-hybridized carbons (Fsp3) is 0.696. The van der Waals surface area contributed by atoms with Crippen molar-refractivity contribution < 1.29 is 14.3 Å². The Labute approximate surface area is 160 Å². The van der Waals surface area contributed by atoms with Crippen LogP contribution in [0.15, 0.2) is 24.3 Å². The summed E-state index contributed by atoms with van der Waals surface area (Å²) in [7, 11) is 0. The molecule has 3 nitrogen and oxygen atoms in total. The monoisotopic (exact) mass is 362 g/mol. The van der Waals surface area contributed by atoms with Crippen molar-refractivity contribution in [3.8, 4) is 5.75 Å². The fourth-order valence-corrected chi connectivity index (χ4v) is 2.93. The maximum atomic E-state index is 12.2. The van der Waals surface area contributed by atoms with Gasteiger partial charge in [-0.2, -0.15) is 0 Å². The van der Waals surface area contributed by atoms with Crippen molar-refractivity contribution in [2.45, 2.75) is 97.5 Å². The highest BCUT2D eigenvalue weighted by molar-refractivity contribution is 5.75. The van der Waals surface area contributed by atoms with Gasteiger partial charge in [0.05, 0.1) is 6.61 Å². The first kappa shape index (κ1) is 22.5. The third-order valence-corrected chi connectivity index (χ3v) is 4.68. The summed E-state index contributed by atoms with van der Waals surface area (Å²) in [6.45, 7) is 6.73. The molecule has 0 fully saturated rings. The van der Waals surface area contributed by atoms with E-state index in [4.69, 9.17) is 9.47 Å². The minimum absolute atomic E-state index is 0.246. The van der Waals surface area contributed by atoms with Crippen LogP contribution in [-0.2, 0) is 9.53 Å². The normalized spacial score (nSPS) is 12.0. The van der Waals surface area contributed by atoms with Gasteiger partial charge in [0.25, 0.3) is 0 Å². The van der Waals surface area contributed by atoms with Crippen molar-refractivity contribution in [3.63, 3.8) is 0 Å². The zero-order valence-electron chi connectivity index (χ0n) is 17.1. The highest BCUT2D eigenvalue weighted by Crippen LogP contribution is 2.16. The van der Waals surface area contributed by atoms with E-state index in [0.717, 1.165) is 18.6 Å². The van der Waals surface area contributed by atoms with E-state index in [0.29, 0.717) is 13.0 Å². The molecule has 0 saturated heterocycles. The van der Waals surface area contributed by atoms with Crippen LogP contribution < -0.4 is 4.74 Å². The number of hydrogen-bond donors (Lipinski definition) is 0. The number of carbonyl (C=O) groups excluding carboxylic acids is 1. The molecule has 1 rings (SSSR count). The van der Waals surface area contributed by atoms with Crippen molar-refractivity contribution in [1.29, 1.82) is 0 Å². The molecule has 0 aromatic heterocycles. The number of esters is 1. The van der Waals surface area contributed by atoms with Crippen molar-refractivity contribution in [3.05, 3.63) is 29.8 Å². The molecule has 1 atom stereocenters. The van der Waals surface area contributed by atoms with Crippen LogP contribution in [0.5, 0.6) is 5.75 Å². The molecule has 3 heteroatoms. The zero-order chi connectivity index (χ0) is 19.0. The minimum Gasteiger partial charge on any atom is -0.479 e. The summed E-state index contributed by atoms with van der Waals surface area (Å²) in [5.41, 5.74) is 1.17. The third kappa shape index (κ3) is 10.5. The summed E-state index contributed by atoms with van der Waals surface area (Å²) in [6.07, 6.45) is 12.9. The van der Waals surface area contributed by atoms with Crippen LogP contribution in [0.3, 0.4) is 0 Å². The lowest BCUT2D eigenvalue weighted by molar-refractivity contribution is -0.152. The number of hydrogen-bond acceptors (Lipinski definition) is 3. The first-order valence-corrected chi connectivity index (χ1v) is 10.6. The smallest absolute Gasteiger partial charge is 0.347 e. The maximum Gasteiger partial charge on any atom is 0.347 e. The standard InChI is InChI=1S/C23H38O3/c1-4-6-7-8-9-10-11-12-13-14-19-25-23(24)22(5-2)26-21-17-15-20(3)16-18-21/h15-18,22H,4-14,19H2,1-3H3. The number of ether oxygens (including phenoxy) is 2. The SMILES string of the molecule is CCCCCCCCCCCCOC(=O)C(CC)Oc1ccc(C)cc1. The third-order valence-electron chi connectivity index (χ3n) is 4.68. The van der Waals surface area contributed by atoms with Gasteiger partial charge in [-0.1, -0.05) is 89.3 Å². The Morgan fingerprint density at radius 3 is 1.92 bits per heavy atom. The molecule has 0 N–H and O–H groups in total. The summed E-state index contributed by atoms with van der Waals surface area (Å²) >= 11 is 0. The first-order chi connectivity index (χ1) is 12.7. The second-order valence-corrected chi connectivity index (χ2v) is 7.18. The average molecular weight is 363 g/mol.